The van der Waals surface area contributed by atoms with Crippen molar-refractivity contribution < 1.29 is 22.0 Å². The minimum absolute atomic E-state index is 0.105. The number of pyridine rings is 1. The molecular weight excluding hydrogens is 368 g/mol. The maximum absolute atomic E-state index is 13.7. The Morgan fingerprint density at radius 2 is 1.92 bits per heavy atom. The second kappa shape index (κ2) is 6.59. The molecule has 3 aromatic rings. The van der Waals surface area contributed by atoms with Gasteiger partial charge in [-0.1, -0.05) is 0 Å². The average molecular weight is 379 g/mol. The fraction of sp³-hybridized carbons (Fsp3) is 0.0667. The van der Waals surface area contributed by atoms with Gasteiger partial charge in [-0.25, -0.2) is 31.9 Å². The summed E-state index contributed by atoms with van der Waals surface area (Å²) in [6.07, 6.45) is 2.34. The first-order chi connectivity index (χ1) is 12.3. The summed E-state index contributed by atoms with van der Waals surface area (Å²) in [7, 11) is -4.26. The van der Waals surface area contributed by atoms with Gasteiger partial charge in [0, 0.05) is 6.20 Å². The molecule has 134 valence electrons. The first-order valence-corrected chi connectivity index (χ1v) is 8.62. The molecule has 2 heterocycles. The lowest BCUT2D eigenvalue weighted by molar-refractivity contribution is 0.0971. The molecule has 2 aromatic heterocycles. The van der Waals surface area contributed by atoms with Gasteiger partial charge in [0.2, 0.25) is 5.82 Å². The fourth-order valence-corrected chi connectivity index (χ4v) is 3.06. The van der Waals surface area contributed by atoms with Crippen molar-refractivity contribution in [2.24, 2.45) is 0 Å². The molecule has 0 fully saturated rings. The van der Waals surface area contributed by atoms with E-state index in [2.05, 4.69) is 15.1 Å². The highest BCUT2D eigenvalue weighted by atomic mass is 32.2. The van der Waals surface area contributed by atoms with Crippen LogP contribution in [0, 0.1) is 18.6 Å². The van der Waals surface area contributed by atoms with E-state index in [0.29, 0.717) is 0 Å². The van der Waals surface area contributed by atoms with E-state index in [1.165, 1.54) is 19.2 Å². The normalized spacial score (nSPS) is 11.3. The number of nitrogens with zero attached hydrogens (tertiary/aromatic N) is 4. The van der Waals surface area contributed by atoms with Crippen LogP contribution in [0.3, 0.4) is 0 Å². The van der Waals surface area contributed by atoms with Crippen molar-refractivity contribution in [1.29, 1.82) is 0 Å². The maximum atomic E-state index is 13.7. The number of aryl methyl sites for hydroxylation is 1. The summed E-state index contributed by atoms with van der Waals surface area (Å²) in [5.74, 6) is -3.09. The quantitative estimate of drug-likeness (QED) is 0.734. The largest absolute Gasteiger partial charge is 0.304 e. The molecule has 1 amide bonds. The number of nitrogens with one attached hydrogen (secondary N) is 1. The van der Waals surface area contributed by atoms with Gasteiger partial charge in [-0.05, 0) is 42.8 Å². The summed E-state index contributed by atoms with van der Waals surface area (Å²) in [6, 6.07) is 5.60. The van der Waals surface area contributed by atoms with Gasteiger partial charge in [-0.15, -0.1) is 5.10 Å². The highest BCUT2D eigenvalue weighted by Crippen LogP contribution is 2.14. The fourth-order valence-electron chi connectivity index (χ4n) is 2.03. The van der Waals surface area contributed by atoms with E-state index in [0.717, 1.165) is 35.3 Å². The Hall–Kier alpha value is -3.21. The van der Waals surface area contributed by atoms with Crippen molar-refractivity contribution in [3.05, 3.63) is 65.9 Å². The highest BCUT2D eigenvalue weighted by Gasteiger charge is 2.22. The number of hydrogen-bond acceptors (Lipinski definition) is 6. The second-order valence-electron chi connectivity index (χ2n) is 5.17. The third-order valence-corrected chi connectivity index (χ3v) is 4.65. The molecule has 8 nitrogen and oxygen atoms in total. The van der Waals surface area contributed by atoms with Crippen molar-refractivity contribution >= 4 is 15.9 Å². The second-order valence-corrected chi connectivity index (χ2v) is 6.85. The molecule has 0 aliphatic rings. The van der Waals surface area contributed by atoms with Crippen molar-refractivity contribution in [1.82, 2.24) is 24.5 Å². The molecule has 0 aliphatic heterocycles. The molecule has 0 saturated heterocycles. The maximum Gasteiger partial charge on any atom is 0.304 e. The van der Waals surface area contributed by atoms with E-state index >= 15 is 0 Å². The Balaban J connectivity index is 1.84. The molecule has 1 aromatic carbocycles. The van der Waals surface area contributed by atoms with Crippen LogP contribution in [0.4, 0.5) is 8.78 Å². The predicted molar refractivity (Wildman–Crippen MR) is 84.9 cm³/mol. The number of amides is 1. The number of benzene rings is 1. The molecule has 0 atom stereocenters. The van der Waals surface area contributed by atoms with Gasteiger partial charge in [-0.3, -0.25) is 4.79 Å². The summed E-state index contributed by atoms with van der Waals surface area (Å²) in [4.78, 5) is 19.2. The molecule has 0 saturated carbocycles. The highest BCUT2D eigenvalue weighted by molar-refractivity contribution is 7.90. The van der Waals surface area contributed by atoms with E-state index in [-0.39, 0.29) is 16.3 Å². The van der Waals surface area contributed by atoms with Crippen LogP contribution in [-0.2, 0) is 10.0 Å². The first-order valence-electron chi connectivity index (χ1n) is 7.14. The third kappa shape index (κ3) is 3.42. The molecule has 26 heavy (non-hydrogen) atoms. The van der Waals surface area contributed by atoms with Crippen molar-refractivity contribution in [2.75, 3.05) is 0 Å². The van der Waals surface area contributed by atoms with E-state index in [1.54, 1.807) is 4.72 Å². The summed E-state index contributed by atoms with van der Waals surface area (Å²) < 4.78 is 54.1. The average Bonchev–Trinajstić information content (AvgIpc) is 3.07. The number of hydrogen-bond donors (Lipinski definition) is 1. The molecule has 3 rings (SSSR count). The van der Waals surface area contributed by atoms with Gasteiger partial charge in [0.05, 0.1) is 4.90 Å². The van der Waals surface area contributed by atoms with Gasteiger partial charge in [0.1, 0.15) is 12.1 Å². The number of carbonyl (C=O) groups is 1. The van der Waals surface area contributed by atoms with Crippen molar-refractivity contribution in [3.63, 3.8) is 0 Å². The van der Waals surface area contributed by atoms with Gasteiger partial charge in [-0.2, -0.15) is 4.68 Å². The Labute approximate surface area is 146 Å². The van der Waals surface area contributed by atoms with Crippen molar-refractivity contribution in [2.45, 2.75) is 11.8 Å². The summed E-state index contributed by atoms with van der Waals surface area (Å²) in [5, 5.41) is 3.72. The van der Waals surface area contributed by atoms with Crippen LogP contribution in [0.5, 0.6) is 0 Å². The number of carbonyl (C=O) groups excluding carboxylic acids is 1. The van der Waals surface area contributed by atoms with E-state index < -0.39 is 33.4 Å². The molecule has 0 radical (unpaired) electrons. The minimum Gasteiger partial charge on any atom is -0.264 e. The van der Waals surface area contributed by atoms with Crippen LogP contribution in [-0.4, -0.2) is 34.1 Å². The molecule has 0 spiro atoms. The van der Waals surface area contributed by atoms with Crippen LogP contribution >= 0.6 is 0 Å². The zero-order valence-corrected chi connectivity index (χ0v) is 14.0. The van der Waals surface area contributed by atoms with E-state index in [1.807, 2.05) is 0 Å². The zero-order chi connectivity index (χ0) is 18.9. The molecule has 1 N–H and O–H groups in total. The molecule has 0 bridgehead atoms. The summed E-state index contributed by atoms with van der Waals surface area (Å²) >= 11 is 0. The predicted octanol–water partition coefficient (Wildman–Crippen LogP) is 1.37. The van der Waals surface area contributed by atoms with Gasteiger partial charge in [0.25, 0.3) is 10.0 Å². The molecule has 11 heteroatoms. The van der Waals surface area contributed by atoms with Gasteiger partial charge < -0.3 is 0 Å². The first kappa shape index (κ1) is 17.6. The van der Waals surface area contributed by atoms with Crippen LogP contribution in [0.1, 0.15) is 16.2 Å². The van der Waals surface area contributed by atoms with Crippen LogP contribution in [0.15, 0.2) is 47.8 Å². The third-order valence-electron chi connectivity index (χ3n) is 3.32. The number of rotatable bonds is 4. The smallest absolute Gasteiger partial charge is 0.264 e. The van der Waals surface area contributed by atoms with Crippen molar-refractivity contribution in [3.8, 4) is 5.82 Å². The standard InChI is InChI=1S/C15H11F2N5O3S/c1-9-7-10(4-5-11(9)16)26(24,25)21-15(23)13-19-8-22(20-13)14-12(17)3-2-6-18-14/h2-8H,1H3,(H,21,23). The lowest BCUT2D eigenvalue weighted by Crippen LogP contribution is -2.31. The SMILES string of the molecule is Cc1cc(S(=O)(=O)NC(=O)c2ncn(-c3ncccc3F)n2)ccc1F. The van der Waals surface area contributed by atoms with E-state index in [9.17, 15) is 22.0 Å². The Morgan fingerprint density at radius 1 is 1.15 bits per heavy atom. The monoisotopic (exact) mass is 379 g/mol. The number of halogens is 2. The van der Waals surface area contributed by atoms with Crippen LogP contribution in [0.25, 0.3) is 5.82 Å². The molecule has 0 aliphatic carbocycles. The van der Waals surface area contributed by atoms with Gasteiger partial charge in [0.15, 0.2) is 11.6 Å². The van der Waals surface area contributed by atoms with Crippen LogP contribution in [0.2, 0.25) is 0 Å². The Bertz CT molecular complexity index is 1100. The lowest BCUT2D eigenvalue weighted by Gasteiger charge is -2.06. The summed E-state index contributed by atoms with van der Waals surface area (Å²) in [6.45, 7) is 1.39. The summed E-state index contributed by atoms with van der Waals surface area (Å²) in [5.41, 5.74) is 0.105. The minimum atomic E-state index is -4.26. The molecule has 0 unspecified atom stereocenters. The lowest BCUT2D eigenvalue weighted by atomic mass is 10.2. The molecular formula is C15H11F2N5O3S. The van der Waals surface area contributed by atoms with Crippen LogP contribution < -0.4 is 4.72 Å². The Morgan fingerprint density at radius 3 is 2.62 bits per heavy atom. The number of sulfonamides is 1. The number of aromatic nitrogens is 4. The zero-order valence-electron chi connectivity index (χ0n) is 13.2. The topological polar surface area (TPSA) is 107 Å². The Kier molecular flexibility index (Phi) is 4.47. The van der Waals surface area contributed by atoms with Gasteiger partial charge >= 0.3 is 5.91 Å². The van der Waals surface area contributed by atoms with E-state index in [4.69, 9.17) is 0 Å².